The Balaban J connectivity index is 1.94. The molecule has 0 bridgehead atoms. The molecule has 0 radical (unpaired) electrons. The van der Waals surface area contributed by atoms with Crippen LogP contribution in [0, 0.1) is 0 Å². The molecule has 0 saturated carbocycles. The first kappa shape index (κ1) is 10.5. The number of ether oxygens (including phenoxy) is 2. The lowest BCUT2D eigenvalue weighted by Gasteiger charge is -2.37. The molecule has 1 fully saturated rings. The summed E-state index contributed by atoms with van der Waals surface area (Å²) in [6.45, 7) is 4.45. The number of rotatable bonds is 2. The van der Waals surface area contributed by atoms with Gasteiger partial charge in [-0.2, -0.15) is 0 Å². The molecule has 0 aromatic heterocycles. The van der Waals surface area contributed by atoms with Crippen LogP contribution in [0.15, 0.2) is 11.8 Å². The summed E-state index contributed by atoms with van der Waals surface area (Å²) < 4.78 is 10.4. The van der Waals surface area contributed by atoms with E-state index >= 15 is 0 Å². The molecule has 15 heavy (non-hydrogen) atoms. The molecule has 4 nitrogen and oxygen atoms in total. The second-order valence-electron chi connectivity index (χ2n) is 3.84. The molecule has 2 heterocycles. The Kier molecular flexibility index (Phi) is 3.26. The predicted octanol–water partition coefficient (Wildman–Crippen LogP) is 0.928. The van der Waals surface area contributed by atoms with Gasteiger partial charge in [0, 0.05) is 12.2 Å². The highest BCUT2D eigenvalue weighted by molar-refractivity contribution is 5.75. The van der Waals surface area contributed by atoms with E-state index in [2.05, 4.69) is 11.0 Å². The van der Waals surface area contributed by atoms with Gasteiger partial charge in [0.15, 0.2) is 6.10 Å². The smallest absolute Gasteiger partial charge is 0.337 e. The molecule has 0 aromatic carbocycles. The molecular formula is C11H17NO3. The summed E-state index contributed by atoms with van der Waals surface area (Å²) in [6, 6.07) is 0. The van der Waals surface area contributed by atoms with E-state index in [1.54, 1.807) is 0 Å². The highest BCUT2D eigenvalue weighted by Crippen LogP contribution is 2.21. The average Bonchev–Trinajstić information content (AvgIpc) is 2.29. The van der Waals surface area contributed by atoms with Crippen LogP contribution in [-0.2, 0) is 14.3 Å². The summed E-state index contributed by atoms with van der Waals surface area (Å²) in [7, 11) is 0. The fourth-order valence-electron chi connectivity index (χ4n) is 2.00. The van der Waals surface area contributed by atoms with Crippen molar-refractivity contribution < 1.29 is 14.3 Å². The van der Waals surface area contributed by atoms with Crippen LogP contribution in [0.25, 0.3) is 0 Å². The van der Waals surface area contributed by atoms with Crippen LogP contribution in [0.1, 0.15) is 19.8 Å². The van der Waals surface area contributed by atoms with Gasteiger partial charge in [-0.05, 0) is 19.8 Å². The van der Waals surface area contributed by atoms with Gasteiger partial charge in [0.1, 0.15) is 0 Å². The third-order valence-corrected chi connectivity index (χ3v) is 2.79. The zero-order chi connectivity index (χ0) is 10.7. The van der Waals surface area contributed by atoms with Crippen molar-refractivity contribution in [3.05, 3.63) is 11.8 Å². The van der Waals surface area contributed by atoms with E-state index in [9.17, 15) is 4.79 Å². The zero-order valence-electron chi connectivity index (χ0n) is 9.07. The van der Waals surface area contributed by atoms with E-state index in [1.807, 2.05) is 6.92 Å². The Bertz CT molecular complexity index is 275. The van der Waals surface area contributed by atoms with Crippen molar-refractivity contribution in [3.63, 3.8) is 0 Å². The minimum absolute atomic E-state index is 0.234. The van der Waals surface area contributed by atoms with Crippen LogP contribution in [0.4, 0.5) is 0 Å². The van der Waals surface area contributed by atoms with Crippen LogP contribution >= 0.6 is 0 Å². The number of allylic oxidation sites excluding steroid dienone is 1. The van der Waals surface area contributed by atoms with E-state index in [0.717, 1.165) is 13.0 Å². The number of esters is 1. The molecule has 0 aliphatic carbocycles. The molecule has 0 aromatic rings. The van der Waals surface area contributed by atoms with Crippen molar-refractivity contribution in [1.29, 1.82) is 0 Å². The average molecular weight is 211 g/mol. The van der Waals surface area contributed by atoms with E-state index in [-0.39, 0.29) is 5.97 Å². The minimum Gasteiger partial charge on any atom is -0.464 e. The van der Waals surface area contributed by atoms with E-state index in [4.69, 9.17) is 9.47 Å². The molecular weight excluding hydrogens is 194 g/mol. The van der Waals surface area contributed by atoms with Crippen LogP contribution in [0.5, 0.6) is 0 Å². The predicted molar refractivity (Wildman–Crippen MR) is 55.3 cm³/mol. The molecule has 1 atom stereocenters. The van der Waals surface area contributed by atoms with Crippen molar-refractivity contribution in [2.45, 2.75) is 25.9 Å². The Labute approximate surface area is 89.8 Å². The maximum Gasteiger partial charge on any atom is 0.337 e. The molecule has 0 amide bonds. The van der Waals surface area contributed by atoms with Crippen molar-refractivity contribution in [2.24, 2.45) is 0 Å². The lowest BCUT2D eigenvalue weighted by molar-refractivity contribution is -0.160. The normalized spacial score (nSPS) is 25.5. The summed E-state index contributed by atoms with van der Waals surface area (Å²) in [4.78, 5) is 13.7. The largest absolute Gasteiger partial charge is 0.464 e. The van der Waals surface area contributed by atoms with Crippen LogP contribution < -0.4 is 0 Å². The maximum atomic E-state index is 11.5. The molecule has 1 unspecified atom stereocenters. The first-order valence-electron chi connectivity index (χ1n) is 5.53. The molecule has 4 heteroatoms. The SMILES string of the molecule is CCOC(=O)C1CN2CCCC=C2CO1. The quantitative estimate of drug-likeness (QED) is 0.637. The number of carbonyl (C=O) groups excluding carboxylic acids is 1. The van der Waals surface area contributed by atoms with E-state index in [0.29, 0.717) is 19.8 Å². The lowest BCUT2D eigenvalue weighted by atomic mass is 10.1. The highest BCUT2D eigenvalue weighted by atomic mass is 16.6. The summed E-state index contributed by atoms with van der Waals surface area (Å²) >= 11 is 0. The fraction of sp³-hybridized carbons (Fsp3) is 0.727. The van der Waals surface area contributed by atoms with Gasteiger partial charge < -0.3 is 14.4 Å². The van der Waals surface area contributed by atoms with Gasteiger partial charge in [0.2, 0.25) is 0 Å². The Morgan fingerprint density at radius 2 is 2.60 bits per heavy atom. The molecule has 2 rings (SSSR count). The molecule has 84 valence electrons. The van der Waals surface area contributed by atoms with E-state index in [1.165, 1.54) is 12.1 Å². The first-order valence-corrected chi connectivity index (χ1v) is 5.53. The Hall–Kier alpha value is -1.03. The molecule has 0 spiro atoms. The van der Waals surface area contributed by atoms with Gasteiger partial charge in [-0.1, -0.05) is 6.08 Å². The van der Waals surface area contributed by atoms with Gasteiger partial charge in [0.25, 0.3) is 0 Å². The molecule has 0 N–H and O–H groups in total. The topological polar surface area (TPSA) is 38.8 Å². The second-order valence-corrected chi connectivity index (χ2v) is 3.84. The third-order valence-electron chi connectivity index (χ3n) is 2.79. The monoisotopic (exact) mass is 211 g/mol. The Morgan fingerprint density at radius 3 is 3.40 bits per heavy atom. The second kappa shape index (κ2) is 4.66. The van der Waals surface area contributed by atoms with Gasteiger partial charge >= 0.3 is 5.97 Å². The number of carbonyl (C=O) groups is 1. The zero-order valence-corrected chi connectivity index (χ0v) is 9.07. The summed E-state index contributed by atoms with van der Waals surface area (Å²) in [6.07, 6.45) is 4.09. The van der Waals surface area contributed by atoms with Crippen molar-refractivity contribution in [1.82, 2.24) is 4.90 Å². The van der Waals surface area contributed by atoms with Crippen LogP contribution in [-0.4, -0.2) is 43.3 Å². The molecule has 1 saturated heterocycles. The Morgan fingerprint density at radius 1 is 1.73 bits per heavy atom. The van der Waals surface area contributed by atoms with Gasteiger partial charge in [-0.25, -0.2) is 4.79 Å². The summed E-state index contributed by atoms with van der Waals surface area (Å²) in [5, 5.41) is 0. The maximum absolute atomic E-state index is 11.5. The van der Waals surface area contributed by atoms with Gasteiger partial charge in [-0.15, -0.1) is 0 Å². The van der Waals surface area contributed by atoms with Crippen molar-refractivity contribution >= 4 is 5.97 Å². The highest BCUT2D eigenvalue weighted by Gasteiger charge is 2.30. The van der Waals surface area contributed by atoms with E-state index < -0.39 is 6.10 Å². The third kappa shape index (κ3) is 2.31. The van der Waals surface area contributed by atoms with Gasteiger partial charge in [0.05, 0.1) is 19.8 Å². The van der Waals surface area contributed by atoms with Crippen LogP contribution in [0.2, 0.25) is 0 Å². The minimum atomic E-state index is -0.403. The summed E-state index contributed by atoms with van der Waals surface area (Å²) in [5.74, 6) is -0.234. The number of hydrogen-bond acceptors (Lipinski definition) is 4. The molecule has 2 aliphatic heterocycles. The number of nitrogens with zero attached hydrogens (tertiary/aromatic N) is 1. The van der Waals surface area contributed by atoms with Crippen molar-refractivity contribution in [3.8, 4) is 0 Å². The molecule has 2 aliphatic rings. The number of hydrogen-bond donors (Lipinski definition) is 0. The fourth-order valence-corrected chi connectivity index (χ4v) is 2.00. The lowest BCUT2D eigenvalue weighted by Crippen LogP contribution is -2.46. The van der Waals surface area contributed by atoms with Crippen LogP contribution in [0.3, 0.4) is 0 Å². The first-order chi connectivity index (χ1) is 7.31. The summed E-state index contributed by atoms with van der Waals surface area (Å²) in [5.41, 5.74) is 1.22. The number of fused-ring (bicyclic) bond motifs is 1. The standard InChI is InChI=1S/C11H17NO3/c1-2-14-11(13)10-7-12-6-4-3-5-9(12)8-15-10/h5,10H,2-4,6-8H2,1H3. The number of morpholine rings is 1. The van der Waals surface area contributed by atoms with Crippen molar-refractivity contribution in [2.75, 3.05) is 26.3 Å². The van der Waals surface area contributed by atoms with Gasteiger partial charge in [-0.3, -0.25) is 0 Å².